The fourth-order valence-corrected chi connectivity index (χ4v) is 10.2. The Morgan fingerprint density at radius 1 is 0.381 bits per heavy atom. The predicted molar refractivity (Wildman–Crippen MR) is 255 cm³/mol. The standard InChI is InChI=1S/C58H36N4O/c1-4-17-37(18-5-1)39-21-16-22-40(35-39)56-59-55(38-19-6-2-7-20-38)60-57(61-56)62-51-36-42(31-32-45(51)47-33-34-48-46-27-12-15-30-52(46)63-54(48)53(47)62)58(41-23-8-3-9-24-41)49-28-13-10-25-43(49)44-26-11-14-29-50(44)58/h1-36H. The van der Waals surface area contributed by atoms with E-state index >= 15 is 0 Å². The molecule has 0 N–H and O–H groups in total. The van der Waals surface area contributed by atoms with Gasteiger partial charge in [0.05, 0.1) is 10.9 Å². The smallest absolute Gasteiger partial charge is 0.238 e. The Morgan fingerprint density at radius 2 is 0.952 bits per heavy atom. The molecule has 9 aromatic carbocycles. The number of aromatic nitrogens is 4. The van der Waals surface area contributed by atoms with Gasteiger partial charge in [0.2, 0.25) is 5.95 Å². The highest BCUT2D eigenvalue weighted by Gasteiger charge is 2.46. The van der Waals surface area contributed by atoms with Crippen LogP contribution in [0.5, 0.6) is 0 Å². The van der Waals surface area contributed by atoms with Crippen molar-refractivity contribution in [2.45, 2.75) is 5.41 Å². The van der Waals surface area contributed by atoms with Crippen LogP contribution in [-0.4, -0.2) is 19.5 Å². The van der Waals surface area contributed by atoms with Gasteiger partial charge in [0.15, 0.2) is 17.2 Å². The normalized spacial score (nSPS) is 12.9. The van der Waals surface area contributed by atoms with Gasteiger partial charge >= 0.3 is 0 Å². The molecule has 0 spiro atoms. The summed E-state index contributed by atoms with van der Waals surface area (Å²) in [5, 5.41) is 4.23. The van der Waals surface area contributed by atoms with Crippen LogP contribution in [0.25, 0.3) is 94.7 Å². The van der Waals surface area contributed by atoms with Crippen LogP contribution >= 0.6 is 0 Å². The third kappa shape index (κ3) is 5.27. The van der Waals surface area contributed by atoms with Gasteiger partial charge in [-0.3, -0.25) is 4.57 Å². The highest BCUT2D eigenvalue weighted by atomic mass is 16.3. The van der Waals surface area contributed by atoms with Gasteiger partial charge < -0.3 is 4.42 Å². The summed E-state index contributed by atoms with van der Waals surface area (Å²) in [5.41, 5.74) is 14.3. The van der Waals surface area contributed by atoms with Crippen molar-refractivity contribution in [1.29, 1.82) is 0 Å². The monoisotopic (exact) mass is 804 g/mol. The highest BCUT2D eigenvalue weighted by Crippen LogP contribution is 2.56. The molecule has 1 aliphatic carbocycles. The molecule has 0 bridgehead atoms. The van der Waals surface area contributed by atoms with Crippen LogP contribution in [0.4, 0.5) is 0 Å². The van der Waals surface area contributed by atoms with E-state index in [1.54, 1.807) is 0 Å². The van der Waals surface area contributed by atoms with Crippen LogP contribution in [0.2, 0.25) is 0 Å². The van der Waals surface area contributed by atoms with Gasteiger partial charge in [0, 0.05) is 32.7 Å². The maximum absolute atomic E-state index is 6.87. The molecule has 5 heteroatoms. The summed E-state index contributed by atoms with van der Waals surface area (Å²) in [6, 6.07) is 77.4. The largest absolute Gasteiger partial charge is 0.454 e. The summed E-state index contributed by atoms with van der Waals surface area (Å²) in [4.78, 5) is 16.0. The zero-order valence-electron chi connectivity index (χ0n) is 34.0. The second-order valence-corrected chi connectivity index (χ2v) is 16.3. The Kier molecular flexibility index (Phi) is 7.75. The van der Waals surface area contributed by atoms with E-state index in [1.807, 2.05) is 36.4 Å². The van der Waals surface area contributed by atoms with Crippen molar-refractivity contribution < 1.29 is 4.42 Å². The zero-order chi connectivity index (χ0) is 41.5. The molecule has 0 saturated carbocycles. The molecule has 0 unspecified atom stereocenters. The topological polar surface area (TPSA) is 56.7 Å². The van der Waals surface area contributed by atoms with Crippen molar-refractivity contribution in [3.63, 3.8) is 0 Å². The lowest BCUT2D eigenvalue weighted by Crippen LogP contribution is -2.28. The molecule has 0 saturated heterocycles. The molecular formula is C58H36N4O. The van der Waals surface area contributed by atoms with Crippen molar-refractivity contribution in [2.24, 2.45) is 0 Å². The number of para-hydroxylation sites is 1. The van der Waals surface area contributed by atoms with Crippen molar-refractivity contribution >= 4 is 43.7 Å². The van der Waals surface area contributed by atoms with E-state index in [2.05, 4.69) is 187 Å². The summed E-state index contributed by atoms with van der Waals surface area (Å²) in [5.74, 6) is 1.68. The summed E-state index contributed by atoms with van der Waals surface area (Å²) in [6.07, 6.45) is 0. The molecule has 13 rings (SSSR count). The third-order valence-electron chi connectivity index (χ3n) is 12.9. The van der Waals surface area contributed by atoms with E-state index < -0.39 is 5.41 Å². The van der Waals surface area contributed by atoms with Crippen LogP contribution in [0, 0.1) is 0 Å². The second kappa shape index (κ2) is 13.8. The first-order valence-corrected chi connectivity index (χ1v) is 21.4. The van der Waals surface area contributed by atoms with Crippen molar-refractivity contribution in [1.82, 2.24) is 19.5 Å². The maximum atomic E-state index is 6.87. The predicted octanol–water partition coefficient (Wildman–Crippen LogP) is 14.2. The summed E-state index contributed by atoms with van der Waals surface area (Å²) >= 11 is 0. The van der Waals surface area contributed by atoms with Gasteiger partial charge in [-0.25, -0.2) is 4.98 Å². The van der Waals surface area contributed by atoms with E-state index in [0.717, 1.165) is 71.6 Å². The fraction of sp³-hybridized carbons (Fsp3) is 0.0172. The lowest BCUT2D eigenvalue weighted by atomic mass is 9.67. The minimum absolute atomic E-state index is 0.509. The number of rotatable bonds is 6. The average Bonchev–Trinajstić information content (AvgIpc) is 4.01. The number of nitrogens with zero attached hydrogens (tertiary/aromatic N) is 4. The SMILES string of the molecule is c1ccc(-c2cccc(-c3nc(-c4ccccc4)nc(-n4c5cc(C6(c7ccccc7)c7ccccc7-c7ccccc76)ccc5c5ccc6c7ccccc7oc6c54)n3)c2)cc1. The van der Waals surface area contributed by atoms with E-state index in [9.17, 15) is 0 Å². The molecule has 0 fully saturated rings. The molecule has 1 aliphatic rings. The lowest BCUT2D eigenvalue weighted by molar-refractivity contribution is 0.670. The minimum Gasteiger partial charge on any atom is -0.454 e. The molecule has 0 radical (unpaired) electrons. The lowest BCUT2D eigenvalue weighted by Gasteiger charge is -2.34. The maximum Gasteiger partial charge on any atom is 0.238 e. The van der Waals surface area contributed by atoms with Gasteiger partial charge in [0.25, 0.3) is 0 Å². The molecule has 12 aromatic rings. The molecule has 5 nitrogen and oxygen atoms in total. The van der Waals surface area contributed by atoms with Gasteiger partial charge in [-0.1, -0.05) is 194 Å². The van der Waals surface area contributed by atoms with Crippen LogP contribution < -0.4 is 0 Å². The van der Waals surface area contributed by atoms with Crippen molar-refractivity contribution in [3.8, 4) is 51.0 Å². The second-order valence-electron chi connectivity index (χ2n) is 16.3. The van der Waals surface area contributed by atoms with Crippen LogP contribution in [0.3, 0.4) is 0 Å². The van der Waals surface area contributed by atoms with Gasteiger partial charge in [-0.2, -0.15) is 9.97 Å². The summed E-state index contributed by atoms with van der Waals surface area (Å²) in [6.45, 7) is 0. The quantitative estimate of drug-likeness (QED) is 0.168. The summed E-state index contributed by atoms with van der Waals surface area (Å²) in [7, 11) is 0. The Morgan fingerprint density at radius 3 is 1.70 bits per heavy atom. The van der Waals surface area contributed by atoms with Crippen LogP contribution in [-0.2, 0) is 5.41 Å². The van der Waals surface area contributed by atoms with E-state index in [-0.39, 0.29) is 0 Å². The average molecular weight is 805 g/mol. The molecule has 0 atom stereocenters. The minimum atomic E-state index is -0.601. The molecule has 0 aliphatic heterocycles. The number of hydrogen-bond acceptors (Lipinski definition) is 4. The fourth-order valence-electron chi connectivity index (χ4n) is 10.2. The molecule has 294 valence electrons. The van der Waals surface area contributed by atoms with Crippen molar-refractivity contribution in [3.05, 3.63) is 241 Å². The number of benzene rings is 9. The third-order valence-corrected chi connectivity index (χ3v) is 12.9. The highest BCUT2D eigenvalue weighted by molar-refractivity contribution is 6.21. The summed E-state index contributed by atoms with van der Waals surface area (Å²) < 4.78 is 9.10. The van der Waals surface area contributed by atoms with E-state index in [4.69, 9.17) is 19.4 Å². The van der Waals surface area contributed by atoms with E-state index in [0.29, 0.717) is 17.6 Å². The Bertz CT molecular complexity index is 3690. The van der Waals surface area contributed by atoms with Crippen molar-refractivity contribution in [2.75, 3.05) is 0 Å². The number of hydrogen-bond donors (Lipinski definition) is 0. The molecular weight excluding hydrogens is 769 g/mol. The number of fused-ring (bicyclic) bond motifs is 10. The molecule has 63 heavy (non-hydrogen) atoms. The number of furan rings is 1. The van der Waals surface area contributed by atoms with Crippen LogP contribution in [0.15, 0.2) is 223 Å². The van der Waals surface area contributed by atoms with Gasteiger partial charge in [-0.15, -0.1) is 0 Å². The molecule has 0 amide bonds. The van der Waals surface area contributed by atoms with E-state index in [1.165, 1.54) is 27.8 Å². The van der Waals surface area contributed by atoms with Crippen LogP contribution in [0.1, 0.15) is 22.3 Å². The van der Waals surface area contributed by atoms with Gasteiger partial charge in [-0.05, 0) is 68.8 Å². The molecule has 3 heterocycles. The first kappa shape index (κ1) is 35.4. The zero-order valence-corrected chi connectivity index (χ0v) is 34.0. The van der Waals surface area contributed by atoms with Gasteiger partial charge in [0.1, 0.15) is 11.1 Å². The first-order valence-electron chi connectivity index (χ1n) is 21.4. The Labute approximate surface area is 363 Å². The molecule has 3 aromatic heterocycles. The Hall–Kier alpha value is -8.41. The Balaban J connectivity index is 1.16. The first-order chi connectivity index (χ1) is 31.2.